The van der Waals surface area contributed by atoms with E-state index in [4.69, 9.17) is 0 Å². The summed E-state index contributed by atoms with van der Waals surface area (Å²) < 4.78 is 0. The van der Waals surface area contributed by atoms with Gasteiger partial charge in [-0.2, -0.15) is 0 Å². The van der Waals surface area contributed by atoms with Crippen LogP contribution >= 0.6 is 0 Å². The third-order valence-electron chi connectivity index (χ3n) is 4.08. The molecule has 3 rings (SSSR count). The van der Waals surface area contributed by atoms with E-state index in [0.717, 1.165) is 11.1 Å². The Kier molecular flexibility index (Phi) is 4.22. The van der Waals surface area contributed by atoms with Crippen LogP contribution in [0.1, 0.15) is 35.3 Å². The molecule has 114 valence electrons. The quantitative estimate of drug-likeness (QED) is 0.807. The average Bonchev–Trinajstić information content (AvgIpc) is 2.84. The highest BCUT2D eigenvalue weighted by Crippen LogP contribution is 2.31. The highest BCUT2D eigenvalue weighted by atomic mass is 16.3. The van der Waals surface area contributed by atoms with Crippen molar-refractivity contribution in [1.29, 1.82) is 0 Å². The van der Waals surface area contributed by atoms with Crippen LogP contribution in [0.3, 0.4) is 0 Å². The van der Waals surface area contributed by atoms with Crippen molar-refractivity contribution in [2.45, 2.75) is 31.1 Å². The molecular formula is C18H19NO3. The largest absolute Gasteiger partial charge is 0.390 e. The number of fused-ring (bicyclic) bond motifs is 1. The topological polar surface area (TPSA) is 69.6 Å². The van der Waals surface area contributed by atoms with Gasteiger partial charge < -0.3 is 15.5 Å². The SMILES string of the molecule is O=C(CC(O)c1ccccc1)N[C@H]1c2ccccc2C[C@H]1O. The number of rotatable bonds is 4. The number of aliphatic hydroxyl groups excluding tert-OH is 2. The number of nitrogens with one attached hydrogen (secondary N) is 1. The number of hydrogen-bond donors (Lipinski definition) is 3. The van der Waals surface area contributed by atoms with Crippen LogP contribution in [0, 0.1) is 0 Å². The number of benzene rings is 2. The molecule has 3 N–H and O–H groups in total. The van der Waals surface area contributed by atoms with Crippen molar-refractivity contribution in [2.24, 2.45) is 0 Å². The summed E-state index contributed by atoms with van der Waals surface area (Å²) >= 11 is 0. The lowest BCUT2D eigenvalue weighted by molar-refractivity contribution is -0.124. The van der Waals surface area contributed by atoms with Crippen molar-refractivity contribution in [2.75, 3.05) is 0 Å². The van der Waals surface area contributed by atoms with Crippen molar-refractivity contribution in [3.05, 3.63) is 71.3 Å². The lowest BCUT2D eigenvalue weighted by atomic mass is 10.0. The van der Waals surface area contributed by atoms with E-state index in [1.54, 1.807) is 12.1 Å². The Bertz CT molecular complexity index is 656. The maximum atomic E-state index is 12.2. The molecule has 0 heterocycles. The summed E-state index contributed by atoms with van der Waals surface area (Å²) in [6.07, 6.45) is -0.928. The number of aliphatic hydroxyl groups is 2. The van der Waals surface area contributed by atoms with Gasteiger partial charge in [0.15, 0.2) is 0 Å². The van der Waals surface area contributed by atoms with E-state index in [1.807, 2.05) is 42.5 Å². The molecule has 1 aliphatic carbocycles. The molecule has 0 saturated heterocycles. The molecule has 2 aromatic carbocycles. The average molecular weight is 297 g/mol. The molecule has 0 bridgehead atoms. The third-order valence-corrected chi connectivity index (χ3v) is 4.08. The zero-order chi connectivity index (χ0) is 15.5. The lowest BCUT2D eigenvalue weighted by Crippen LogP contribution is -2.34. The second-order valence-electron chi connectivity index (χ2n) is 5.65. The van der Waals surface area contributed by atoms with E-state index in [0.29, 0.717) is 12.0 Å². The highest BCUT2D eigenvalue weighted by Gasteiger charge is 2.32. The smallest absolute Gasteiger partial charge is 0.223 e. The van der Waals surface area contributed by atoms with Crippen LogP contribution in [0.4, 0.5) is 0 Å². The Balaban J connectivity index is 1.65. The van der Waals surface area contributed by atoms with Crippen LogP contribution in [0.15, 0.2) is 54.6 Å². The number of carbonyl (C=O) groups excluding carboxylic acids is 1. The number of hydrogen-bond acceptors (Lipinski definition) is 3. The molecular weight excluding hydrogens is 278 g/mol. The minimum atomic E-state index is -0.838. The third kappa shape index (κ3) is 3.03. The summed E-state index contributed by atoms with van der Waals surface area (Å²) in [5.41, 5.74) is 2.73. The van der Waals surface area contributed by atoms with Crippen LogP contribution in [-0.4, -0.2) is 22.2 Å². The second kappa shape index (κ2) is 6.30. The Morgan fingerprint density at radius 1 is 1.14 bits per heavy atom. The molecule has 0 aromatic heterocycles. The zero-order valence-electron chi connectivity index (χ0n) is 12.1. The fourth-order valence-electron chi connectivity index (χ4n) is 2.95. The summed E-state index contributed by atoms with van der Waals surface area (Å²) in [4.78, 5) is 12.2. The van der Waals surface area contributed by atoms with Gasteiger partial charge in [0.1, 0.15) is 0 Å². The van der Waals surface area contributed by atoms with Gasteiger partial charge in [-0.15, -0.1) is 0 Å². The first kappa shape index (κ1) is 14.8. The first-order valence-corrected chi connectivity index (χ1v) is 7.43. The first-order chi connectivity index (χ1) is 10.6. The minimum Gasteiger partial charge on any atom is -0.390 e. The molecule has 1 aliphatic rings. The van der Waals surface area contributed by atoms with Crippen LogP contribution in [0.2, 0.25) is 0 Å². The van der Waals surface area contributed by atoms with E-state index < -0.39 is 18.2 Å². The Labute approximate surface area is 129 Å². The Hall–Kier alpha value is -2.17. The molecule has 4 nitrogen and oxygen atoms in total. The summed E-state index contributed by atoms with van der Waals surface area (Å²) in [5, 5.41) is 23.1. The van der Waals surface area contributed by atoms with E-state index in [2.05, 4.69) is 5.32 Å². The van der Waals surface area contributed by atoms with Crippen LogP contribution in [-0.2, 0) is 11.2 Å². The Morgan fingerprint density at radius 3 is 2.59 bits per heavy atom. The molecule has 0 spiro atoms. The van der Waals surface area contributed by atoms with Gasteiger partial charge in [0.05, 0.1) is 24.7 Å². The van der Waals surface area contributed by atoms with Gasteiger partial charge in [-0.25, -0.2) is 0 Å². The normalized spacial score (nSPS) is 21.2. The molecule has 1 unspecified atom stereocenters. The summed E-state index contributed by atoms with van der Waals surface area (Å²) in [7, 11) is 0. The fraction of sp³-hybridized carbons (Fsp3) is 0.278. The van der Waals surface area contributed by atoms with E-state index in [1.165, 1.54) is 0 Å². The van der Waals surface area contributed by atoms with E-state index >= 15 is 0 Å². The monoisotopic (exact) mass is 297 g/mol. The molecule has 2 aromatic rings. The number of carbonyl (C=O) groups is 1. The molecule has 0 saturated carbocycles. The van der Waals surface area contributed by atoms with Crippen molar-refractivity contribution in [3.8, 4) is 0 Å². The number of amides is 1. The van der Waals surface area contributed by atoms with Gasteiger partial charge in [-0.05, 0) is 16.7 Å². The maximum Gasteiger partial charge on any atom is 0.223 e. The van der Waals surface area contributed by atoms with E-state index in [-0.39, 0.29) is 12.3 Å². The molecule has 0 fully saturated rings. The van der Waals surface area contributed by atoms with Gasteiger partial charge in [0, 0.05) is 6.42 Å². The van der Waals surface area contributed by atoms with Crippen LogP contribution in [0.25, 0.3) is 0 Å². The maximum absolute atomic E-state index is 12.2. The van der Waals surface area contributed by atoms with Gasteiger partial charge in [-0.3, -0.25) is 4.79 Å². The highest BCUT2D eigenvalue weighted by molar-refractivity contribution is 5.77. The Morgan fingerprint density at radius 2 is 1.82 bits per heavy atom. The van der Waals surface area contributed by atoms with Gasteiger partial charge in [0.25, 0.3) is 0 Å². The molecule has 1 amide bonds. The zero-order valence-corrected chi connectivity index (χ0v) is 12.1. The molecule has 22 heavy (non-hydrogen) atoms. The fourth-order valence-corrected chi connectivity index (χ4v) is 2.95. The summed E-state index contributed by atoms with van der Waals surface area (Å²) in [5.74, 6) is -0.267. The van der Waals surface area contributed by atoms with E-state index in [9.17, 15) is 15.0 Å². The van der Waals surface area contributed by atoms with Gasteiger partial charge in [0.2, 0.25) is 5.91 Å². The predicted octanol–water partition coefficient (Wildman–Crippen LogP) is 1.88. The van der Waals surface area contributed by atoms with Crippen LogP contribution < -0.4 is 5.32 Å². The minimum absolute atomic E-state index is 0.0185. The standard InChI is InChI=1S/C18H19NO3/c20-15(12-6-2-1-3-7-12)11-17(22)19-18-14-9-5-4-8-13(14)10-16(18)21/h1-9,15-16,18,20-21H,10-11H2,(H,19,22)/t15?,16-,18+/m1/s1. The predicted molar refractivity (Wildman–Crippen MR) is 83.1 cm³/mol. The van der Waals surface area contributed by atoms with Crippen molar-refractivity contribution in [1.82, 2.24) is 5.32 Å². The van der Waals surface area contributed by atoms with Gasteiger partial charge >= 0.3 is 0 Å². The molecule has 3 atom stereocenters. The van der Waals surface area contributed by atoms with Crippen molar-refractivity contribution >= 4 is 5.91 Å². The van der Waals surface area contributed by atoms with Crippen molar-refractivity contribution < 1.29 is 15.0 Å². The first-order valence-electron chi connectivity index (χ1n) is 7.43. The summed E-state index contributed by atoms with van der Waals surface area (Å²) in [6.45, 7) is 0. The van der Waals surface area contributed by atoms with Crippen LogP contribution in [0.5, 0.6) is 0 Å². The molecule has 4 heteroatoms. The van der Waals surface area contributed by atoms with Crippen molar-refractivity contribution in [3.63, 3.8) is 0 Å². The molecule has 0 aliphatic heterocycles. The van der Waals surface area contributed by atoms with Gasteiger partial charge in [-0.1, -0.05) is 54.6 Å². The second-order valence-corrected chi connectivity index (χ2v) is 5.65. The lowest BCUT2D eigenvalue weighted by Gasteiger charge is -2.19. The summed E-state index contributed by atoms with van der Waals surface area (Å²) in [6, 6.07) is 16.4. The molecule has 0 radical (unpaired) electrons.